The summed E-state index contributed by atoms with van der Waals surface area (Å²) in [5, 5.41) is 0. The van der Waals surface area contributed by atoms with Crippen LogP contribution in [0.25, 0.3) is 11.1 Å². The predicted molar refractivity (Wildman–Crippen MR) is 112 cm³/mol. The highest BCUT2D eigenvalue weighted by atomic mass is 16.5. The first-order valence-corrected chi connectivity index (χ1v) is 10.2. The summed E-state index contributed by atoms with van der Waals surface area (Å²) in [6.07, 6.45) is 8.52. The van der Waals surface area contributed by atoms with E-state index in [1.54, 1.807) is 0 Å². The molecule has 0 spiro atoms. The van der Waals surface area contributed by atoms with Gasteiger partial charge in [-0.25, -0.2) is 0 Å². The number of unbranched alkanes of at least 4 members (excludes halogenated alkanes) is 4. The van der Waals surface area contributed by atoms with Gasteiger partial charge in [-0.15, -0.1) is 0 Å². The van der Waals surface area contributed by atoms with Gasteiger partial charge in [0.1, 0.15) is 5.75 Å². The molecule has 0 N–H and O–H groups in total. The number of hydrogen-bond acceptors (Lipinski definition) is 2. The Morgan fingerprint density at radius 2 is 1.69 bits per heavy atom. The van der Waals surface area contributed by atoms with Crippen molar-refractivity contribution in [1.29, 1.82) is 0 Å². The Morgan fingerprint density at radius 3 is 2.50 bits per heavy atom. The van der Waals surface area contributed by atoms with Crippen LogP contribution in [-0.2, 0) is 0 Å². The first-order valence-electron chi connectivity index (χ1n) is 10.2. The molecule has 1 aliphatic heterocycles. The van der Waals surface area contributed by atoms with Gasteiger partial charge in [0.25, 0.3) is 0 Å². The number of ether oxygens (including phenoxy) is 1. The second-order valence-corrected chi connectivity index (χ2v) is 7.27. The SMILES string of the molecule is CCCCCCCN=C1CCCOc2cc(-c3ccc(C)cc3)ccc21. The summed E-state index contributed by atoms with van der Waals surface area (Å²) in [6, 6.07) is 15.3. The van der Waals surface area contributed by atoms with E-state index in [-0.39, 0.29) is 0 Å². The summed E-state index contributed by atoms with van der Waals surface area (Å²) in [5.74, 6) is 0.991. The van der Waals surface area contributed by atoms with Crippen molar-refractivity contribution in [3.8, 4) is 16.9 Å². The molecule has 0 saturated heterocycles. The van der Waals surface area contributed by atoms with Gasteiger partial charge in [-0.1, -0.05) is 68.5 Å². The smallest absolute Gasteiger partial charge is 0.128 e. The number of benzene rings is 2. The maximum atomic E-state index is 6.04. The highest BCUT2D eigenvalue weighted by molar-refractivity contribution is 6.03. The molecular formula is C24H31NO. The van der Waals surface area contributed by atoms with Crippen molar-refractivity contribution < 1.29 is 4.74 Å². The topological polar surface area (TPSA) is 21.6 Å². The van der Waals surface area contributed by atoms with Crippen molar-refractivity contribution in [2.24, 2.45) is 4.99 Å². The van der Waals surface area contributed by atoms with Crippen LogP contribution in [0, 0.1) is 6.92 Å². The predicted octanol–water partition coefficient (Wildman–Crippen LogP) is 6.59. The summed E-state index contributed by atoms with van der Waals surface area (Å²) >= 11 is 0. The highest BCUT2D eigenvalue weighted by Crippen LogP contribution is 2.31. The normalized spacial score (nSPS) is 15.4. The van der Waals surface area contributed by atoms with E-state index in [2.05, 4.69) is 56.3 Å². The Hall–Kier alpha value is -2.09. The molecule has 0 bridgehead atoms. The van der Waals surface area contributed by atoms with Gasteiger partial charge in [0.2, 0.25) is 0 Å². The van der Waals surface area contributed by atoms with E-state index >= 15 is 0 Å². The molecule has 1 aliphatic rings. The lowest BCUT2D eigenvalue weighted by Crippen LogP contribution is -2.02. The molecule has 26 heavy (non-hydrogen) atoms. The zero-order valence-corrected chi connectivity index (χ0v) is 16.3. The fraction of sp³-hybridized carbons (Fsp3) is 0.458. The number of aryl methyl sites for hydroxylation is 1. The third-order valence-corrected chi connectivity index (χ3v) is 5.06. The molecule has 3 rings (SSSR count). The van der Waals surface area contributed by atoms with Crippen molar-refractivity contribution >= 4 is 5.71 Å². The van der Waals surface area contributed by atoms with Crippen molar-refractivity contribution in [1.82, 2.24) is 0 Å². The van der Waals surface area contributed by atoms with Crippen LogP contribution < -0.4 is 4.74 Å². The van der Waals surface area contributed by atoms with Gasteiger partial charge in [0, 0.05) is 17.8 Å². The number of fused-ring (bicyclic) bond motifs is 1. The summed E-state index contributed by atoms with van der Waals surface area (Å²) < 4.78 is 6.04. The van der Waals surface area contributed by atoms with Crippen LogP contribution in [0.3, 0.4) is 0 Å². The van der Waals surface area contributed by atoms with E-state index in [0.717, 1.165) is 31.7 Å². The van der Waals surface area contributed by atoms with Gasteiger partial charge in [-0.3, -0.25) is 4.99 Å². The molecule has 2 aromatic carbocycles. The summed E-state index contributed by atoms with van der Waals surface area (Å²) in [4.78, 5) is 4.93. The fourth-order valence-electron chi connectivity index (χ4n) is 3.46. The van der Waals surface area contributed by atoms with Crippen LogP contribution >= 0.6 is 0 Å². The standard InChI is InChI=1S/C24H31NO/c1-3-4-5-6-7-16-25-23-9-8-17-26-24-18-21(14-15-22(23)24)20-12-10-19(2)11-13-20/h10-15,18H,3-9,16-17H2,1-2H3. The van der Waals surface area contributed by atoms with Crippen LogP contribution in [0.1, 0.15) is 63.0 Å². The summed E-state index contributed by atoms with van der Waals surface area (Å²) in [5.41, 5.74) is 6.15. The molecular weight excluding hydrogens is 318 g/mol. The lowest BCUT2D eigenvalue weighted by molar-refractivity contribution is 0.318. The minimum absolute atomic E-state index is 0.778. The average molecular weight is 350 g/mol. The molecule has 0 aromatic heterocycles. The monoisotopic (exact) mass is 349 g/mol. The highest BCUT2D eigenvalue weighted by Gasteiger charge is 2.15. The van der Waals surface area contributed by atoms with E-state index in [4.69, 9.17) is 9.73 Å². The van der Waals surface area contributed by atoms with Crippen LogP contribution in [0.2, 0.25) is 0 Å². The van der Waals surface area contributed by atoms with Crippen LogP contribution in [0.4, 0.5) is 0 Å². The van der Waals surface area contributed by atoms with E-state index in [1.165, 1.54) is 60.1 Å². The van der Waals surface area contributed by atoms with Gasteiger partial charge in [0.05, 0.1) is 6.61 Å². The van der Waals surface area contributed by atoms with E-state index in [1.807, 2.05) is 0 Å². The van der Waals surface area contributed by atoms with Crippen molar-refractivity contribution in [3.63, 3.8) is 0 Å². The van der Waals surface area contributed by atoms with E-state index < -0.39 is 0 Å². The molecule has 0 saturated carbocycles. The molecule has 0 fully saturated rings. The molecule has 2 aromatic rings. The number of nitrogens with zero attached hydrogens (tertiary/aromatic N) is 1. The maximum absolute atomic E-state index is 6.04. The molecule has 2 nitrogen and oxygen atoms in total. The molecule has 0 aliphatic carbocycles. The van der Waals surface area contributed by atoms with Gasteiger partial charge >= 0.3 is 0 Å². The number of aliphatic imine (C=N–C) groups is 1. The van der Waals surface area contributed by atoms with Crippen molar-refractivity contribution in [2.45, 2.75) is 58.8 Å². The second kappa shape index (κ2) is 9.56. The lowest BCUT2D eigenvalue weighted by Gasteiger charge is -2.11. The Bertz CT molecular complexity index is 730. The Balaban J connectivity index is 1.74. The third kappa shape index (κ3) is 4.97. The molecule has 0 amide bonds. The van der Waals surface area contributed by atoms with Gasteiger partial charge in [-0.05, 0) is 49.4 Å². The lowest BCUT2D eigenvalue weighted by atomic mass is 9.99. The molecule has 0 unspecified atom stereocenters. The molecule has 138 valence electrons. The van der Waals surface area contributed by atoms with E-state index in [0.29, 0.717) is 0 Å². The summed E-state index contributed by atoms with van der Waals surface area (Å²) in [6.45, 7) is 6.10. The first-order chi connectivity index (χ1) is 12.8. The number of rotatable bonds is 7. The Labute approximate surface area is 158 Å². The third-order valence-electron chi connectivity index (χ3n) is 5.06. The number of hydrogen-bond donors (Lipinski definition) is 0. The fourth-order valence-corrected chi connectivity index (χ4v) is 3.46. The van der Waals surface area contributed by atoms with Crippen LogP contribution in [0.15, 0.2) is 47.5 Å². The zero-order valence-electron chi connectivity index (χ0n) is 16.3. The van der Waals surface area contributed by atoms with Crippen LogP contribution in [-0.4, -0.2) is 18.9 Å². The largest absolute Gasteiger partial charge is 0.493 e. The first kappa shape index (κ1) is 18.7. The van der Waals surface area contributed by atoms with Gasteiger partial charge in [0.15, 0.2) is 0 Å². The minimum Gasteiger partial charge on any atom is -0.493 e. The molecule has 0 radical (unpaired) electrons. The average Bonchev–Trinajstić information content (AvgIpc) is 2.87. The maximum Gasteiger partial charge on any atom is 0.128 e. The Kier molecular flexibility index (Phi) is 6.88. The molecule has 2 heteroatoms. The second-order valence-electron chi connectivity index (χ2n) is 7.27. The minimum atomic E-state index is 0.778. The quantitative estimate of drug-likeness (QED) is 0.516. The molecule has 0 atom stereocenters. The summed E-state index contributed by atoms with van der Waals surface area (Å²) in [7, 11) is 0. The van der Waals surface area contributed by atoms with Crippen LogP contribution in [0.5, 0.6) is 5.75 Å². The van der Waals surface area contributed by atoms with E-state index in [9.17, 15) is 0 Å². The van der Waals surface area contributed by atoms with Crippen molar-refractivity contribution in [3.05, 3.63) is 53.6 Å². The van der Waals surface area contributed by atoms with Gasteiger partial charge in [-0.2, -0.15) is 0 Å². The zero-order chi connectivity index (χ0) is 18.2. The van der Waals surface area contributed by atoms with Gasteiger partial charge < -0.3 is 4.74 Å². The molecule has 1 heterocycles. The Morgan fingerprint density at radius 1 is 0.923 bits per heavy atom. The van der Waals surface area contributed by atoms with Crippen molar-refractivity contribution in [2.75, 3.05) is 13.2 Å².